The molecular weight excluding hydrogens is 642 g/mol. The Morgan fingerprint density at radius 1 is 0.780 bits per heavy atom. The van der Waals surface area contributed by atoms with Crippen LogP contribution >= 0.6 is 0 Å². The summed E-state index contributed by atoms with van der Waals surface area (Å²) in [5.74, 6) is -2.80. The molecule has 2 aliphatic carbocycles. The second-order valence-corrected chi connectivity index (χ2v) is 14.4. The van der Waals surface area contributed by atoms with Gasteiger partial charge in [-0.15, -0.1) is 0 Å². The summed E-state index contributed by atoms with van der Waals surface area (Å²) < 4.78 is 31.9. The quantitative estimate of drug-likeness (QED) is 0.193. The molecule has 260 valence electrons. The molecule has 12 nitrogen and oxygen atoms in total. The molecule has 3 fully saturated rings. The van der Waals surface area contributed by atoms with E-state index in [2.05, 4.69) is 15.0 Å². The fourth-order valence-corrected chi connectivity index (χ4v) is 8.86. The number of hydrogen-bond acceptors (Lipinski definition) is 12. The molecule has 12 heteroatoms. The molecule has 0 amide bonds. The minimum atomic E-state index is -1.39. The first-order chi connectivity index (χ1) is 23.9. The van der Waals surface area contributed by atoms with Gasteiger partial charge in [-0.2, -0.15) is 0 Å². The van der Waals surface area contributed by atoms with E-state index < -0.39 is 64.2 Å². The highest BCUT2D eigenvalue weighted by Crippen LogP contribution is 2.69. The Morgan fingerprint density at radius 3 is 1.82 bits per heavy atom. The van der Waals surface area contributed by atoms with Gasteiger partial charge in [0.25, 0.3) is 0 Å². The average molecular weight is 682 g/mol. The van der Waals surface area contributed by atoms with Crippen LogP contribution < -0.4 is 0 Å². The van der Waals surface area contributed by atoms with E-state index in [9.17, 15) is 19.2 Å². The number of carbonyl (C=O) groups is 4. The van der Waals surface area contributed by atoms with Crippen LogP contribution in [0.3, 0.4) is 0 Å². The van der Waals surface area contributed by atoms with E-state index in [4.69, 9.17) is 23.7 Å². The lowest BCUT2D eigenvalue weighted by Gasteiger charge is -2.70. The number of rotatable bonds is 6. The predicted octanol–water partition coefficient (Wildman–Crippen LogP) is 5.10. The van der Waals surface area contributed by atoms with Gasteiger partial charge in [-0.1, -0.05) is 25.5 Å². The Labute approximate surface area is 289 Å². The number of aromatic nitrogens is 3. The first-order valence-electron chi connectivity index (χ1n) is 16.8. The van der Waals surface area contributed by atoms with Gasteiger partial charge < -0.3 is 23.7 Å². The molecule has 0 unspecified atom stereocenters. The van der Waals surface area contributed by atoms with Crippen LogP contribution in [-0.2, 0) is 28.5 Å². The molecule has 0 aromatic carbocycles. The predicted molar refractivity (Wildman–Crippen MR) is 175 cm³/mol. The third kappa shape index (κ3) is 5.37. The van der Waals surface area contributed by atoms with E-state index in [1.165, 1.54) is 18.6 Å². The lowest BCUT2D eigenvalue weighted by atomic mass is 9.41. The average Bonchev–Trinajstić information content (AvgIpc) is 3.49. The molecule has 7 rings (SSSR count). The summed E-state index contributed by atoms with van der Waals surface area (Å²) in [7, 11) is 0. The van der Waals surface area contributed by atoms with Crippen molar-refractivity contribution in [3.8, 4) is 0 Å². The topological polar surface area (TPSA) is 153 Å². The van der Waals surface area contributed by atoms with Crippen LogP contribution in [0.4, 0.5) is 0 Å². The van der Waals surface area contributed by atoms with Crippen molar-refractivity contribution < 1.29 is 42.9 Å². The molecule has 3 aromatic rings. The van der Waals surface area contributed by atoms with Crippen molar-refractivity contribution >= 4 is 23.9 Å². The maximum atomic E-state index is 14.0. The number of cyclic esters (lactones) is 1. The number of ether oxygens (including phenoxy) is 5. The van der Waals surface area contributed by atoms with E-state index in [1.54, 1.807) is 55.0 Å². The first-order valence-corrected chi connectivity index (χ1v) is 16.8. The Kier molecular flexibility index (Phi) is 8.32. The van der Waals surface area contributed by atoms with E-state index >= 15 is 0 Å². The van der Waals surface area contributed by atoms with Crippen LogP contribution in [-0.4, -0.2) is 75.0 Å². The smallest absolute Gasteiger partial charge is 0.340 e. The molecule has 2 aliphatic heterocycles. The van der Waals surface area contributed by atoms with E-state index in [-0.39, 0.29) is 30.1 Å². The molecule has 8 atom stereocenters. The summed E-state index contributed by atoms with van der Waals surface area (Å²) in [5.41, 5.74) is -2.72. The van der Waals surface area contributed by atoms with Gasteiger partial charge in [0.05, 0.1) is 23.1 Å². The van der Waals surface area contributed by atoms with E-state index in [1.807, 2.05) is 33.8 Å². The fourth-order valence-electron chi connectivity index (χ4n) is 8.86. The maximum absolute atomic E-state index is 14.0. The molecule has 0 bridgehead atoms. The molecule has 3 aromatic heterocycles. The SMILES string of the molecule is CC1=CC[C@@H](OC(=O)c2cccnc2)[C@H]2[C@@]1(C)[C@@H](OC(=O)c1cccnc1)[C@H](OC(=O)c1cccnc1)[C@]1(C)O[C@]3(CC[C@]21C)COC(=O)C3. The van der Waals surface area contributed by atoms with Crippen LogP contribution in [0.1, 0.15) is 84.5 Å². The number of carbonyl (C=O) groups excluding carboxylic acids is 4. The summed E-state index contributed by atoms with van der Waals surface area (Å²) in [5, 5.41) is 0. The van der Waals surface area contributed by atoms with Crippen molar-refractivity contribution in [1.29, 1.82) is 0 Å². The van der Waals surface area contributed by atoms with Crippen molar-refractivity contribution in [2.75, 3.05) is 6.61 Å². The van der Waals surface area contributed by atoms with Crippen LogP contribution in [0.15, 0.2) is 85.2 Å². The van der Waals surface area contributed by atoms with Gasteiger partial charge in [0.15, 0.2) is 12.2 Å². The van der Waals surface area contributed by atoms with Gasteiger partial charge in [0.2, 0.25) is 0 Å². The molecule has 1 saturated carbocycles. The second-order valence-electron chi connectivity index (χ2n) is 14.4. The van der Waals surface area contributed by atoms with Crippen molar-refractivity contribution in [3.63, 3.8) is 0 Å². The third-order valence-corrected chi connectivity index (χ3v) is 11.7. The summed E-state index contributed by atoms with van der Waals surface area (Å²) >= 11 is 0. The Balaban J connectivity index is 1.40. The van der Waals surface area contributed by atoms with Crippen molar-refractivity contribution in [3.05, 3.63) is 102 Å². The van der Waals surface area contributed by atoms with Crippen LogP contribution in [0, 0.1) is 16.7 Å². The van der Waals surface area contributed by atoms with Crippen molar-refractivity contribution in [2.24, 2.45) is 16.7 Å². The van der Waals surface area contributed by atoms with Gasteiger partial charge in [-0.3, -0.25) is 19.7 Å². The second kappa shape index (κ2) is 12.4. The molecule has 5 heterocycles. The number of nitrogens with zero attached hydrogens (tertiary/aromatic N) is 3. The zero-order valence-corrected chi connectivity index (χ0v) is 28.4. The van der Waals surface area contributed by atoms with Gasteiger partial charge in [-0.25, -0.2) is 14.4 Å². The third-order valence-electron chi connectivity index (χ3n) is 11.7. The normalized spacial score (nSPS) is 34.4. The summed E-state index contributed by atoms with van der Waals surface area (Å²) in [6.45, 7) is 7.85. The number of pyridine rings is 3. The zero-order chi connectivity index (χ0) is 35.3. The van der Waals surface area contributed by atoms with Crippen LogP contribution in [0.25, 0.3) is 0 Å². The van der Waals surface area contributed by atoms with Crippen LogP contribution in [0.5, 0.6) is 0 Å². The largest absolute Gasteiger partial charge is 0.463 e. The lowest BCUT2D eigenvalue weighted by molar-refractivity contribution is -0.345. The Bertz CT molecular complexity index is 1840. The minimum Gasteiger partial charge on any atom is -0.463 e. The van der Waals surface area contributed by atoms with Crippen molar-refractivity contribution in [2.45, 2.75) is 82.9 Å². The number of fused-ring (bicyclic) bond motifs is 3. The summed E-state index contributed by atoms with van der Waals surface area (Å²) in [6, 6.07) is 9.75. The minimum absolute atomic E-state index is 0.0162. The van der Waals surface area contributed by atoms with E-state index in [0.29, 0.717) is 24.8 Å². The van der Waals surface area contributed by atoms with Crippen molar-refractivity contribution in [1.82, 2.24) is 15.0 Å². The molecule has 50 heavy (non-hydrogen) atoms. The summed E-state index contributed by atoms with van der Waals surface area (Å²) in [6.07, 6.45) is 9.25. The monoisotopic (exact) mass is 681 g/mol. The highest BCUT2D eigenvalue weighted by Gasteiger charge is 2.76. The van der Waals surface area contributed by atoms with Gasteiger partial charge in [-0.05, 0) is 63.1 Å². The highest BCUT2D eigenvalue weighted by atomic mass is 16.6. The molecule has 0 N–H and O–H groups in total. The fraction of sp³-hybridized carbons (Fsp3) is 0.447. The first kappa shape index (κ1) is 33.5. The zero-order valence-electron chi connectivity index (χ0n) is 28.4. The Morgan fingerprint density at radius 2 is 1.32 bits per heavy atom. The molecule has 4 aliphatic rings. The van der Waals surface area contributed by atoms with Crippen LogP contribution in [0.2, 0.25) is 0 Å². The van der Waals surface area contributed by atoms with Gasteiger partial charge in [0, 0.05) is 60.3 Å². The van der Waals surface area contributed by atoms with Gasteiger partial charge >= 0.3 is 23.9 Å². The number of hydrogen-bond donors (Lipinski definition) is 0. The highest BCUT2D eigenvalue weighted by molar-refractivity contribution is 5.90. The number of esters is 4. The summed E-state index contributed by atoms with van der Waals surface area (Å²) in [4.78, 5) is 66.4. The molecule has 1 spiro atoms. The lowest BCUT2D eigenvalue weighted by Crippen LogP contribution is -2.78. The maximum Gasteiger partial charge on any atom is 0.340 e. The standard InChI is InChI=1S/C38H39N3O9/c1-23-11-12-27(47-32(43)24-8-5-15-39-19-24)29-35(2)13-14-38(18-28(42)46-22-38)50-37(35,4)31(49-34(45)26-10-7-17-41-21-26)30(36(23,29)3)48-33(44)25-9-6-16-40-20-25/h5-11,15-17,19-21,27,29-31H,12-14,18,22H2,1-4H3/t27-,29-,30+,31+,35-,36+,37+,38+/m1/s1. The Hall–Kier alpha value is -4.97. The van der Waals surface area contributed by atoms with Gasteiger partial charge in [0.1, 0.15) is 23.9 Å². The van der Waals surface area contributed by atoms with E-state index in [0.717, 1.165) is 5.57 Å². The molecule has 0 radical (unpaired) electrons. The molecule has 2 saturated heterocycles. The molecular formula is C38H39N3O9.